The van der Waals surface area contributed by atoms with E-state index in [0.717, 1.165) is 11.1 Å². The summed E-state index contributed by atoms with van der Waals surface area (Å²) in [7, 11) is -1.92. The third-order valence-electron chi connectivity index (χ3n) is 2.74. The first-order valence-corrected chi connectivity index (χ1v) is 7.22. The molecule has 6 heteroatoms. The molecule has 0 heterocycles. The second kappa shape index (κ2) is 6.29. The molecule has 0 fully saturated rings. The molecule has 0 amide bonds. The molecule has 0 aliphatic carbocycles. The average molecular weight is 272 g/mol. The van der Waals surface area contributed by atoms with Gasteiger partial charge in [0.05, 0.1) is 6.61 Å². The molecule has 0 aliphatic heterocycles. The predicted molar refractivity (Wildman–Crippen MR) is 71.0 cm³/mol. The van der Waals surface area contributed by atoms with Crippen molar-refractivity contribution in [2.75, 3.05) is 7.05 Å². The van der Waals surface area contributed by atoms with Gasteiger partial charge in [-0.05, 0) is 25.0 Å². The number of benzene rings is 1. The molecule has 5 nitrogen and oxygen atoms in total. The van der Waals surface area contributed by atoms with Gasteiger partial charge in [-0.1, -0.05) is 24.3 Å². The maximum Gasteiger partial charge on any atom is 0.279 e. The number of hydrogen-bond acceptors (Lipinski definition) is 3. The number of rotatable bonds is 6. The van der Waals surface area contributed by atoms with Gasteiger partial charge in [0.2, 0.25) is 0 Å². The number of hydrogen-bond donors (Lipinski definition) is 2. The predicted octanol–water partition coefficient (Wildman–Crippen LogP) is 0.853. The van der Waals surface area contributed by atoms with E-state index in [2.05, 4.69) is 4.72 Å². The maximum absolute atomic E-state index is 11.9. The molecule has 0 atom stereocenters. The van der Waals surface area contributed by atoms with E-state index in [1.54, 1.807) is 18.2 Å². The molecule has 0 spiro atoms. The lowest BCUT2D eigenvalue weighted by Gasteiger charge is -2.21. The Morgan fingerprint density at radius 2 is 1.94 bits per heavy atom. The highest BCUT2D eigenvalue weighted by atomic mass is 32.2. The Bertz CT molecular complexity index is 486. The largest absolute Gasteiger partial charge is 0.392 e. The Morgan fingerprint density at radius 1 is 1.33 bits per heavy atom. The lowest BCUT2D eigenvalue weighted by molar-refractivity contribution is 0.281. The highest BCUT2D eigenvalue weighted by molar-refractivity contribution is 7.87. The molecule has 1 rings (SSSR count). The zero-order chi connectivity index (χ0) is 13.8. The van der Waals surface area contributed by atoms with Gasteiger partial charge in [0.25, 0.3) is 10.2 Å². The zero-order valence-electron chi connectivity index (χ0n) is 10.9. The second-order valence-corrected chi connectivity index (χ2v) is 6.23. The van der Waals surface area contributed by atoms with Crippen molar-refractivity contribution in [3.63, 3.8) is 0 Å². The first-order chi connectivity index (χ1) is 8.36. The van der Waals surface area contributed by atoms with Gasteiger partial charge >= 0.3 is 0 Å². The van der Waals surface area contributed by atoms with E-state index in [4.69, 9.17) is 5.11 Å². The molecule has 1 aromatic carbocycles. The van der Waals surface area contributed by atoms with Gasteiger partial charge in [-0.3, -0.25) is 0 Å². The summed E-state index contributed by atoms with van der Waals surface area (Å²) in [6, 6.07) is 7.08. The van der Waals surface area contributed by atoms with E-state index in [1.807, 2.05) is 19.9 Å². The fraction of sp³-hybridized carbons (Fsp3) is 0.500. The normalized spacial score (nSPS) is 12.3. The van der Waals surface area contributed by atoms with Crippen molar-refractivity contribution in [2.45, 2.75) is 33.0 Å². The van der Waals surface area contributed by atoms with Gasteiger partial charge in [0, 0.05) is 19.6 Å². The van der Waals surface area contributed by atoms with Gasteiger partial charge in [-0.2, -0.15) is 17.4 Å². The summed E-state index contributed by atoms with van der Waals surface area (Å²) < 4.78 is 27.5. The van der Waals surface area contributed by atoms with Crippen LogP contribution in [-0.4, -0.2) is 30.9 Å². The number of aliphatic hydroxyl groups is 1. The molecular weight excluding hydrogens is 252 g/mol. The minimum absolute atomic E-state index is 0.0491. The van der Waals surface area contributed by atoms with Crippen LogP contribution in [0.15, 0.2) is 24.3 Å². The molecule has 18 heavy (non-hydrogen) atoms. The van der Waals surface area contributed by atoms with E-state index < -0.39 is 10.2 Å². The van der Waals surface area contributed by atoms with Gasteiger partial charge < -0.3 is 5.11 Å². The highest BCUT2D eigenvalue weighted by Crippen LogP contribution is 2.07. The summed E-state index contributed by atoms with van der Waals surface area (Å²) in [5, 5.41) is 9.00. The van der Waals surface area contributed by atoms with E-state index in [1.165, 1.54) is 11.4 Å². The standard InChI is InChI=1S/C12H20N2O3S/c1-10(2)14(3)18(16,17)13-8-11-5-4-6-12(7-11)9-15/h4-7,10,13,15H,8-9H2,1-3H3. The quantitative estimate of drug-likeness (QED) is 0.806. The molecule has 0 unspecified atom stereocenters. The summed E-state index contributed by atoms with van der Waals surface area (Å²) in [4.78, 5) is 0. The van der Waals surface area contributed by atoms with Crippen molar-refractivity contribution in [2.24, 2.45) is 0 Å². The number of nitrogens with zero attached hydrogens (tertiary/aromatic N) is 1. The molecule has 102 valence electrons. The van der Waals surface area contributed by atoms with E-state index >= 15 is 0 Å². The van der Waals surface area contributed by atoms with Crippen molar-refractivity contribution in [1.29, 1.82) is 0 Å². The van der Waals surface area contributed by atoms with E-state index in [-0.39, 0.29) is 19.2 Å². The van der Waals surface area contributed by atoms with Crippen LogP contribution in [0.25, 0.3) is 0 Å². The summed E-state index contributed by atoms with van der Waals surface area (Å²) in [5.74, 6) is 0. The van der Waals surface area contributed by atoms with E-state index in [0.29, 0.717) is 0 Å². The van der Waals surface area contributed by atoms with Crippen LogP contribution in [0, 0.1) is 0 Å². The lowest BCUT2D eigenvalue weighted by Crippen LogP contribution is -2.41. The Morgan fingerprint density at radius 3 is 2.50 bits per heavy atom. The first kappa shape index (κ1) is 15.1. The summed E-state index contributed by atoms with van der Waals surface area (Å²) in [6.07, 6.45) is 0. The second-order valence-electron chi connectivity index (χ2n) is 4.41. The molecule has 0 saturated heterocycles. The number of aliphatic hydroxyl groups excluding tert-OH is 1. The van der Waals surface area contributed by atoms with Crippen LogP contribution in [0.2, 0.25) is 0 Å². The van der Waals surface area contributed by atoms with Crippen LogP contribution in [0.4, 0.5) is 0 Å². The summed E-state index contributed by atoms with van der Waals surface area (Å²) in [5.41, 5.74) is 1.59. The Labute approximate surface area is 109 Å². The topological polar surface area (TPSA) is 69.6 Å². The minimum Gasteiger partial charge on any atom is -0.392 e. The highest BCUT2D eigenvalue weighted by Gasteiger charge is 2.19. The minimum atomic E-state index is -3.46. The molecule has 0 bridgehead atoms. The van der Waals surface area contributed by atoms with Crippen LogP contribution >= 0.6 is 0 Å². The molecule has 0 aromatic heterocycles. The fourth-order valence-corrected chi connectivity index (χ4v) is 2.50. The van der Waals surface area contributed by atoms with Crippen LogP contribution in [0.1, 0.15) is 25.0 Å². The Balaban J connectivity index is 2.70. The zero-order valence-corrected chi connectivity index (χ0v) is 11.7. The van der Waals surface area contributed by atoms with Gasteiger partial charge in [0.15, 0.2) is 0 Å². The van der Waals surface area contributed by atoms with Gasteiger partial charge in [-0.15, -0.1) is 0 Å². The summed E-state index contributed by atoms with van der Waals surface area (Å²) in [6.45, 7) is 3.79. The van der Waals surface area contributed by atoms with Gasteiger partial charge in [0.1, 0.15) is 0 Å². The smallest absolute Gasteiger partial charge is 0.279 e. The molecular formula is C12H20N2O3S. The molecule has 0 saturated carbocycles. The van der Waals surface area contributed by atoms with Crippen molar-refractivity contribution >= 4 is 10.2 Å². The summed E-state index contributed by atoms with van der Waals surface area (Å²) >= 11 is 0. The van der Waals surface area contributed by atoms with Crippen LogP contribution in [0.5, 0.6) is 0 Å². The first-order valence-electron chi connectivity index (χ1n) is 5.78. The third kappa shape index (κ3) is 4.06. The molecule has 1 aromatic rings. The monoisotopic (exact) mass is 272 g/mol. The van der Waals surface area contributed by atoms with E-state index in [9.17, 15) is 8.42 Å². The van der Waals surface area contributed by atoms with Crippen LogP contribution < -0.4 is 4.72 Å². The molecule has 2 N–H and O–H groups in total. The Hall–Kier alpha value is -0.950. The molecule has 0 radical (unpaired) electrons. The molecule has 0 aliphatic rings. The number of nitrogens with one attached hydrogen (secondary N) is 1. The third-order valence-corrected chi connectivity index (χ3v) is 4.43. The van der Waals surface area contributed by atoms with Crippen molar-refractivity contribution in [3.8, 4) is 0 Å². The SMILES string of the molecule is CC(C)N(C)S(=O)(=O)NCc1cccc(CO)c1. The van der Waals surface area contributed by atoms with Crippen molar-refractivity contribution < 1.29 is 13.5 Å². The average Bonchev–Trinajstić information content (AvgIpc) is 2.35. The fourth-order valence-electron chi connectivity index (χ4n) is 1.39. The Kier molecular flexibility index (Phi) is 5.28. The van der Waals surface area contributed by atoms with Crippen LogP contribution in [0.3, 0.4) is 0 Å². The van der Waals surface area contributed by atoms with Crippen molar-refractivity contribution in [3.05, 3.63) is 35.4 Å². The van der Waals surface area contributed by atoms with Crippen LogP contribution in [-0.2, 0) is 23.4 Å². The van der Waals surface area contributed by atoms with Gasteiger partial charge in [-0.25, -0.2) is 0 Å². The lowest BCUT2D eigenvalue weighted by atomic mass is 10.1. The van der Waals surface area contributed by atoms with Crippen molar-refractivity contribution in [1.82, 2.24) is 9.03 Å². The maximum atomic E-state index is 11.9.